The SMILES string of the molecule is COc1ccc(S(=O)(=O)N[C@H](C)C(=O)Nc2ccc(Cl)cc2C)cc1OC. The number of sulfonamides is 1. The third-order valence-electron chi connectivity index (χ3n) is 3.84. The van der Waals surface area contributed by atoms with Crippen LogP contribution in [0.25, 0.3) is 0 Å². The summed E-state index contributed by atoms with van der Waals surface area (Å²) in [5.41, 5.74) is 1.33. The molecule has 2 N–H and O–H groups in total. The molecular weight excluding hydrogens is 392 g/mol. The average molecular weight is 413 g/mol. The van der Waals surface area contributed by atoms with Crippen LogP contribution in [0.3, 0.4) is 0 Å². The highest BCUT2D eigenvalue weighted by atomic mass is 35.5. The highest BCUT2D eigenvalue weighted by Gasteiger charge is 2.23. The number of aryl methyl sites for hydroxylation is 1. The molecule has 0 aliphatic rings. The van der Waals surface area contributed by atoms with Crippen molar-refractivity contribution in [1.29, 1.82) is 0 Å². The van der Waals surface area contributed by atoms with Crippen molar-refractivity contribution in [3.05, 3.63) is 47.0 Å². The van der Waals surface area contributed by atoms with Crippen molar-refractivity contribution in [2.75, 3.05) is 19.5 Å². The van der Waals surface area contributed by atoms with Gasteiger partial charge >= 0.3 is 0 Å². The molecule has 1 amide bonds. The van der Waals surface area contributed by atoms with E-state index in [1.165, 1.54) is 39.3 Å². The number of carbonyl (C=O) groups excluding carboxylic acids is 1. The Morgan fingerprint density at radius 3 is 2.33 bits per heavy atom. The molecule has 1 atom stereocenters. The van der Waals surface area contributed by atoms with Gasteiger partial charge in [-0.25, -0.2) is 8.42 Å². The molecule has 0 bridgehead atoms. The zero-order chi connectivity index (χ0) is 20.2. The van der Waals surface area contributed by atoms with E-state index in [9.17, 15) is 13.2 Å². The molecule has 0 spiro atoms. The molecule has 0 unspecified atom stereocenters. The summed E-state index contributed by atoms with van der Waals surface area (Å²) < 4.78 is 37.7. The number of halogens is 1. The summed E-state index contributed by atoms with van der Waals surface area (Å²) in [5.74, 6) is 0.180. The Kier molecular flexibility index (Phi) is 6.69. The van der Waals surface area contributed by atoms with Gasteiger partial charge in [0.05, 0.1) is 25.2 Å². The molecule has 0 aliphatic heterocycles. The van der Waals surface area contributed by atoms with Crippen molar-refractivity contribution in [3.63, 3.8) is 0 Å². The number of carbonyl (C=O) groups is 1. The number of ether oxygens (including phenoxy) is 2. The zero-order valence-corrected chi connectivity index (χ0v) is 16.9. The second-order valence-corrected chi connectivity index (χ2v) is 7.96. The first-order valence-electron chi connectivity index (χ1n) is 7.99. The molecule has 0 aromatic heterocycles. The molecule has 2 rings (SSSR count). The third kappa shape index (κ3) is 5.12. The van der Waals surface area contributed by atoms with Crippen LogP contribution in [0.4, 0.5) is 5.69 Å². The van der Waals surface area contributed by atoms with E-state index in [0.717, 1.165) is 5.56 Å². The first-order chi connectivity index (χ1) is 12.7. The minimum absolute atomic E-state index is 0.0394. The number of methoxy groups -OCH3 is 2. The van der Waals surface area contributed by atoms with Gasteiger partial charge in [-0.15, -0.1) is 0 Å². The van der Waals surface area contributed by atoms with Crippen LogP contribution in [0.15, 0.2) is 41.3 Å². The van der Waals surface area contributed by atoms with Crippen LogP contribution in [0, 0.1) is 6.92 Å². The molecule has 0 fully saturated rings. The molecule has 0 saturated carbocycles. The summed E-state index contributed by atoms with van der Waals surface area (Å²) >= 11 is 5.89. The quantitative estimate of drug-likeness (QED) is 0.729. The molecule has 7 nitrogen and oxygen atoms in total. The predicted molar refractivity (Wildman–Crippen MR) is 104 cm³/mol. The summed E-state index contributed by atoms with van der Waals surface area (Å²) in [6.07, 6.45) is 0. The Morgan fingerprint density at radius 1 is 1.07 bits per heavy atom. The molecule has 27 heavy (non-hydrogen) atoms. The fourth-order valence-electron chi connectivity index (χ4n) is 2.35. The first-order valence-corrected chi connectivity index (χ1v) is 9.85. The second-order valence-electron chi connectivity index (χ2n) is 5.81. The number of rotatable bonds is 7. The van der Waals surface area contributed by atoms with Gasteiger partial charge < -0.3 is 14.8 Å². The number of anilines is 1. The van der Waals surface area contributed by atoms with Crippen LogP contribution in [0.1, 0.15) is 12.5 Å². The maximum Gasteiger partial charge on any atom is 0.242 e. The van der Waals surface area contributed by atoms with Crippen LogP contribution in [0.2, 0.25) is 5.02 Å². The Morgan fingerprint density at radius 2 is 1.74 bits per heavy atom. The lowest BCUT2D eigenvalue weighted by molar-refractivity contribution is -0.117. The van der Waals surface area contributed by atoms with Crippen molar-refractivity contribution in [2.45, 2.75) is 24.8 Å². The molecule has 0 saturated heterocycles. The topological polar surface area (TPSA) is 93.7 Å². The van der Waals surface area contributed by atoms with Gasteiger partial charge in [0.2, 0.25) is 15.9 Å². The van der Waals surface area contributed by atoms with Crippen LogP contribution >= 0.6 is 11.6 Å². The molecule has 2 aromatic carbocycles. The second kappa shape index (κ2) is 8.60. The summed E-state index contributed by atoms with van der Waals surface area (Å²) in [6, 6.07) is 8.18. The fraction of sp³-hybridized carbons (Fsp3) is 0.278. The van der Waals surface area contributed by atoms with Gasteiger partial charge in [-0.3, -0.25) is 4.79 Å². The maximum atomic E-state index is 12.6. The summed E-state index contributed by atoms with van der Waals surface area (Å²) in [7, 11) is -1.08. The van der Waals surface area contributed by atoms with Crippen molar-refractivity contribution in [1.82, 2.24) is 4.72 Å². The van der Waals surface area contributed by atoms with E-state index in [1.807, 2.05) is 0 Å². The predicted octanol–water partition coefficient (Wildman–Crippen LogP) is 2.97. The van der Waals surface area contributed by atoms with Gasteiger partial charge in [0.15, 0.2) is 11.5 Å². The molecule has 0 radical (unpaired) electrons. The van der Waals surface area contributed by atoms with E-state index in [4.69, 9.17) is 21.1 Å². The monoisotopic (exact) mass is 412 g/mol. The number of amides is 1. The summed E-state index contributed by atoms with van der Waals surface area (Å²) in [5, 5.41) is 3.23. The number of benzene rings is 2. The number of hydrogen-bond donors (Lipinski definition) is 2. The van der Waals surface area contributed by atoms with Crippen molar-refractivity contribution in [2.24, 2.45) is 0 Å². The Balaban J connectivity index is 2.15. The van der Waals surface area contributed by atoms with Crippen molar-refractivity contribution in [3.8, 4) is 11.5 Å². The lowest BCUT2D eigenvalue weighted by Crippen LogP contribution is -2.41. The van der Waals surface area contributed by atoms with Crippen LogP contribution in [-0.4, -0.2) is 34.6 Å². The fourth-order valence-corrected chi connectivity index (χ4v) is 3.79. The van der Waals surface area contributed by atoms with Crippen LogP contribution in [0.5, 0.6) is 11.5 Å². The lowest BCUT2D eigenvalue weighted by Gasteiger charge is -2.16. The van der Waals surface area contributed by atoms with Crippen molar-refractivity contribution >= 4 is 33.2 Å². The molecule has 9 heteroatoms. The molecular formula is C18H21ClN2O5S. The van der Waals surface area contributed by atoms with Gasteiger partial charge in [-0.05, 0) is 49.7 Å². The molecule has 2 aromatic rings. The lowest BCUT2D eigenvalue weighted by atomic mass is 10.2. The maximum absolute atomic E-state index is 12.6. The van der Waals surface area contributed by atoms with Gasteiger partial charge in [0.25, 0.3) is 0 Å². The van der Waals surface area contributed by atoms with E-state index in [2.05, 4.69) is 10.0 Å². The average Bonchev–Trinajstić information content (AvgIpc) is 2.62. The smallest absolute Gasteiger partial charge is 0.242 e. The van der Waals surface area contributed by atoms with Gasteiger partial charge in [-0.1, -0.05) is 11.6 Å². The van der Waals surface area contributed by atoms with Crippen LogP contribution in [-0.2, 0) is 14.8 Å². The zero-order valence-electron chi connectivity index (χ0n) is 15.4. The minimum Gasteiger partial charge on any atom is -0.493 e. The number of nitrogens with one attached hydrogen (secondary N) is 2. The van der Waals surface area contributed by atoms with E-state index < -0.39 is 22.0 Å². The Bertz CT molecular complexity index is 947. The Labute approximate surface area is 163 Å². The van der Waals surface area contributed by atoms with E-state index in [1.54, 1.807) is 25.1 Å². The highest BCUT2D eigenvalue weighted by molar-refractivity contribution is 7.89. The normalized spacial score (nSPS) is 12.3. The van der Waals surface area contributed by atoms with Gasteiger partial charge in [0, 0.05) is 16.8 Å². The molecule has 146 valence electrons. The number of hydrogen-bond acceptors (Lipinski definition) is 5. The minimum atomic E-state index is -3.94. The summed E-state index contributed by atoms with van der Waals surface area (Å²) in [6.45, 7) is 3.25. The van der Waals surface area contributed by atoms with Crippen LogP contribution < -0.4 is 19.5 Å². The highest BCUT2D eigenvalue weighted by Crippen LogP contribution is 2.29. The molecule has 0 aliphatic carbocycles. The largest absolute Gasteiger partial charge is 0.493 e. The Hall–Kier alpha value is -2.29. The van der Waals surface area contributed by atoms with E-state index in [0.29, 0.717) is 16.5 Å². The molecule has 0 heterocycles. The van der Waals surface area contributed by atoms with Gasteiger partial charge in [-0.2, -0.15) is 4.72 Å². The van der Waals surface area contributed by atoms with Gasteiger partial charge in [0.1, 0.15) is 0 Å². The first kappa shape index (κ1) is 21.0. The van der Waals surface area contributed by atoms with Crippen molar-refractivity contribution < 1.29 is 22.7 Å². The third-order valence-corrected chi connectivity index (χ3v) is 5.61. The van der Waals surface area contributed by atoms with E-state index >= 15 is 0 Å². The van der Waals surface area contributed by atoms with E-state index in [-0.39, 0.29) is 10.6 Å². The standard InChI is InChI=1S/C18H21ClN2O5S/c1-11-9-13(19)5-7-15(11)20-18(22)12(2)21-27(23,24)14-6-8-16(25-3)17(10-14)26-4/h5-10,12,21H,1-4H3,(H,20,22)/t12-/m1/s1. The summed E-state index contributed by atoms with van der Waals surface area (Å²) in [4.78, 5) is 12.3.